The Kier molecular flexibility index (Phi) is 3.22. The van der Waals surface area contributed by atoms with Crippen molar-refractivity contribution in [2.24, 2.45) is 33.5 Å². The first-order chi connectivity index (χ1) is 11.0. The summed E-state index contributed by atoms with van der Waals surface area (Å²) in [6, 6.07) is 0. The highest BCUT2D eigenvalue weighted by Gasteiger charge is 2.72. The van der Waals surface area contributed by atoms with Crippen molar-refractivity contribution in [3.8, 4) is 0 Å². The van der Waals surface area contributed by atoms with E-state index in [0.717, 1.165) is 51.4 Å². The van der Waals surface area contributed by atoms with E-state index in [1.54, 1.807) is 0 Å². The largest absolute Gasteiger partial charge is 0.481 e. The highest BCUT2D eigenvalue weighted by Crippen LogP contribution is 2.78. The number of carboxylic acids is 1. The molecule has 5 aliphatic rings. The average molecular weight is 335 g/mol. The highest BCUT2D eigenvalue weighted by molar-refractivity contribution is 5.75. The topological polar surface area (TPSA) is 57.5 Å². The second-order valence-electron chi connectivity index (χ2n) is 10.7. The number of carboxylic acid groups (broad SMARTS) is 1. The van der Waals surface area contributed by atoms with Gasteiger partial charge < -0.3 is 10.2 Å². The standard InChI is InChI=1S/C21H34O3/c1-17(16(22)23)8-5-9-18(2)15(17)7-11-21-10-6-14(12-20(18,21)4)19(3,24)13-21/h14-15,24H,5-13H2,1-4H3,(H,22,23). The second kappa shape index (κ2) is 4.58. The Morgan fingerprint density at radius 2 is 1.67 bits per heavy atom. The number of hydrogen-bond donors (Lipinski definition) is 2. The summed E-state index contributed by atoms with van der Waals surface area (Å²) in [7, 11) is 0. The van der Waals surface area contributed by atoms with Gasteiger partial charge in [-0.2, -0.15) is 0 Å². The maximum atomic E-state index is 12.2. The van der Waals surface area contributed by atoms with E-state index >= 15 is 0 Å². The molecule has 2 N–H and O–H groups in total. The van der Waals surface area contributed by atoms with E-state index in [1.807, 2.05) is 6.92 Å². The summed E-state index contributed by atoms with van der Waals surface area (Å²) in [5, 5.41) is 21.0. The van der Waals surface area contributed by atoms with Crippen molar-refractivity contribution in [1.82, 2.24) is 0 Å². The molecule has 1 spiro atoms. The first-order valence-electron chi connectivity index (χ1n) is 9.97. The molecule has 5 fully saturated rings. The lowest BCUT2D eigenvalue weighted by molar-refractivity contribution is -0.280. The van der Waals surface area contributed by atoms with Crippen LogP contribution < -0.4 is 0 Å². The number of hydrogen-bond acceptors (Lipinski definition) is 2. The zero-order valence-electron chi connectivity index (χ0n) is 15.8. The average Bonchev–Trinajstić information content (AvgIpc) is 2.47. The minimum absolute atomic E-state index is 0.0891. The smallest absolute Gasteiger partial charge is 0.309 e. The van der Waals surface area contributed by atoms with Gasteiger partial charge in [0.15, 0.2) is 0 Å². The van der Waals surface area contributed by atoms with Gasteiger partial charge in [0.2, 0.25) is 0 Å². The van der Waals surface area contributed by atoms with Crippen LogP contribution in [0.1, 0.15) is 85.5 Å². The van der Waals surface area contributed by atoms with E-state index in [-0.39, 0.29) is 22.2 Å². The summed E-state index contributed by atoms with van der Waals surface area (Å²) in [4.78, 5) is 12.2. The molecule has 0 radical (unpaired) electrons. The van der Waals surface area contributed by atoms with Crippen LogP contribution in [0.5, 0.6) is 0 Å². The van der Waals surface area contributed by atoms with E-state index in [4.69, 9.17) is 0 Å². The Bertz CT molecular complexity index is 584. The lowest BCUT2D eigenvalue weighted by Gasteiger charge is -2.75. The van der Waals surface area contributed by atoms with Gasteiger partial charge in [-0.15, -0.1) is 0 Å². The van der Waals surface area contributed by atoms with E-state index in [9.17, 15) is 15.0 Å². The molecule has 0 amide bonds. The fourth-order valence-electron chi connectivity index (χ4n) is 8.36. The van der Waals surface area contributed by atoms with Crippen LogP contribution in [0.4, 0.5) is 0 Å². The van der Waals surface area contributed by atoms with Crippen LogP contribution in [0.2, 0.25) is 0 Å². The number of rotatable bonds is 1. The van der Waals surface area contributed by atoms with Gasteiger partial charge in [-0.3, -0.25) is 4.79 Å². The van der Waals surface area contributed by atoms with E-state index < -0.39 is 17.0 Å². The zero-order chi connectivity index (χ0) is 17.6. The van der Waals surface area contributed by atoms with Crippen LogP contribution in [0.3, 0.4) is 0 Å². The minimum Gasteiger partial charge on any atom is -0.481 e. The molecule has 2 bridgehead atoms. The normalized spacial score (nSPS) is 59.5. The van der Waals surface area contributed by atoms with Gasteiger partial charge in [0.05, 0.1) is 11.0 Å². The number of aliphatic hydroxyl groups is 1. The van der Waals surface area contributed by atoms with Crippen LogP contribution in [-0.2, 0) is 4.79 Å². The molecule has 136 valence electrons. The summed E-state index contributed by atoms with van der Waals surface area (Å²) in [5.74, 6) is 0.0695. The molecule has 0 aromatic rings. The summed E-state index contributed by atoms with van der Waals surface area (Å²) in [6.45, 7) is 8.94. The van der Waals surface area contributed by atoms with Crippen LogP contribution in [0, 0.1) is 33.5 Å². The fraction of sp³-hybridized carbons (Fsp3) is 0.952. The Labute approximate surface area is 146 Å². The number of carbonyl (C=O) groups is 1. The molecule has 24 heavy (non-hydrogen) atoms. The molecule has 0 aromatic heterocycles. The van der Waals surface area contributed by atoms with Crippen LogP contribution >= 0.6 is 0 Å². The first kappa shape index (κ1) is 16.9. The molecule has 7 atom stereocenters. The maximum Gasteiger partial charge on any atom is 0.309 e. The highest BCUT2D eigenvalue weighted by atomic mass is 16.4. The maximum absolute atomic E-state index is 12.2. The molecule has 3 nitrogen and oxygen atoms in total. The van der Waals surface area contributed by atoms with Gasteiger partial charge in [0.25, 0.3) is 0 Å². The summed E-state index contributed by atoms with van der Waals surface area (Å²) in [6.07, 6.45) is 9.54. The van der Waals surface area contributed by atoms with Crippen molar-refractivity contribution in [3.63, 3.8) is 0 Å². The van der Waals surface area contributed by atoms with Gasteiger partial charge in [-0.25, -0.2) is 0 Å². The fourth-order valence-corrected chi connectivity index (χ4v) is 8.36. The van der Waals surface area contributed by atoms with Crippen molar-refractivity contribution >= 4 is 5.97 Å². The molecular formula is C21H34O3. The zero-order valence-corrected chi connectivity index (χ0v) is 15.8. The predicted octanol–water partition coefficient (Wildman–Crippen LogP) is 4.63. The summed E-state index contributed by atoms with van der Waals surface area (Å²) < 4.78 is 0. The van der Waals surface area contributed by atoms with Crippen molar-refractivity contribution in [2.75, 3.05) is 0 Å². The van der Waals surface area contributed by atoms with Crippen molar-refractivity contribution in [2.45, 2.75) is 91.1 Å². The SMILES string of the molecule is CC1(O)CC23CCC1CC2(C)C1(C)CCCC(C)(C(=O)O)C1CC3. The Morgan fingerprint density at radius 3 is 2.29 bits per heavy atom. The van der Waals surface area contributed by atoms with Gasteiger partial charge >= 0.3 is 5.97 Å². The van der Waals surface area contributed by atoms with Crippen LogP contribution in [0.25, 0.3) is 0 Å². The molecule has 5 rings (SSSR count). The number of fused-ring (bicyclic) bond motifs is 3. The van der Waals surface area contributed by atoms with Gasteiger partial charge in [0.1, 0.15) is 0 Å². The van der Waals surface area contributed by atoms with Crippen molar-refractivity contribution < 1.29 is 15.0 Å². The van der Waals surface area contributed by atoms with Gasteiger partial charge in [-0.1, -0.05) is 20.3 Å². The van der Waals surface area contributed by atoms with Crippen LogP contribution in [-0.4, -0.2) is 21.8 Å². The van der Waals surface area contributed by atoms with E-state index in [2.05, 4.69) is 20.8 Å². The molecule has 5 saturated carbocycles. The molecule has 5 aliphatic carbocycles. The third-order valence-electron chi connectivity index (χ3n) is 9.96. The number of aliphatic carboxylic acids is 1. The molecule has 3 heteroatoms. The lowest BCUT2D eigenvalue weighted by Crippen LogP contribution is -2.70. The Balaban J connectivity index is 1.81. The van der Waals surface area contributed by atoms with Gasteiger partial charge in [-0.05, 0) is 93.3 Å². The third-order valence-corrected chi connectivity index (χ3v) is 9.96. The van der Waals surface area contributed by atoms with Crippen LogP contribution in [0.15, 0.2) is 0 Å². The van der Waals surface area contributed by atoms with E-state index in [0.29, 0.717) is 5.92 Å². The minimum atomic E-state index is -0.592. The first-order valence-corrected chi connectivity index (χ1v) is 9.97. The lowest BCUT2D eigenvalue weighted by atomic mass is 9.30. The summed E-state index contributed by atoms with van der Waals surface area (Å²) >= 11 is 0. The molecule has 0 aliphatic heterocycles. The quantitative estimate of drug-likeness (QED) is 0.735. The monoisotopic (exact) mass is 334 g/mol. The molecule has 0 aromatic carbocycles. The molecule has 0 saturated heterocycles. The molecule has 0 heterocycles. The van der Waals surface area contributed by atoms with Crippen molar-refractivity contribution in [1.29, 1.82) is 0 Å². The predicted molar refractivity (Wildman–Crippen MR) is 93.5 cm³/mol. The van der Waals surface area contributed by atoms with E-state index in [1.165, 1.54) is 6.42 Å². The molecule has 7 unspecified atom stereocenters. The summed E-state index contributed by atoms with van der Waals surface area (Å²) in [5.41, 5.74) is -0.618. The van der Waals surface area contributed by atoms with Crippen molar-refractivity contribution in [3.05, 3.63) is 0 Å². The second-order valence-corrected chi connectivity index (χ2v) is 10.7. The third kappa shape index (κ3) is 1.70. The Hall–Kier alpha value is -0.570. The van der Waals surface area contributed by atoms with Gasteiger partial charge in [0, 0.05) is 0 Å². The Morgan fingerprint density at radius 1 is 1.00 bits per heavy atom. The molecular weight excluding hydrogens is 300 g/mol.